The summed E-state index contributed by atoms with van der Waals surface area (Å²) in [5, 5.41) is 0. The molecule has 2 heteroatoms. The van der Waals surface area contributed by atoms with E-state index in [0.717, 1.165) is 24.4 Å². The first-order chi connectivity index (χ1) is 9.81. The van der Waals surface area contributed by atoms with Crippen LogP contribution in [0.2, 0.25) is 0 Å². The summed E-state index contributed by atoms with van der Waals surface area (Å²) in [5.74, 6) is 1.04. The van der Waals surface area contributed by atoms with Crippen LogP contribution in [-0.4, -0.2) is 9.97 Å². The van der Waals surface area contributed by atoms with E-state index in [1.165, 1.54) is 16.8 Å². The molecule has 0 spiro atoms. The van der Waals surface area contributed by atoms with Crippen LogP contribution in [0.1, 0.15) is 28.3 Å². The summed E-state index contributed by atoms with van der Waals surface area (Å²) >= 11 is 0. The second-order valence-corrected chi connectivity index (χ2v) is 5.08. The number of rotatable bonds is 4. The van der Waals surface area contributed by atoms with Crippen molar-refractivity contribution in [3.05, 3.63) is 89.0 Å². The Morgan fingerprint density at radius 2 is 1.35 bits per heavy atom. The maximum Gasteiger partial charge on any atom is 0.111 e. The van der Waals surface area contributed by atoms with Gasteiger partial charge < -0.3 is 4.98 Å². The quantitative estimate of drug-likeness (QED) is 0.759. The zero-order valence-electron chi connectivity index (χ0n) is 11.6. The highest BCUT2D eigenvalue weighted by molar-refractivity contribution is 5.26. The van der Waals surface area contributed by atoms with E-state index in [1.807, 2.05) is 12.1 Å². The second kappa shape index (κ2) is 5.74. The van der Waals surface area contributed by atoms with Crippen LogP contribution in [0.5, 0.6) is 0 Å². The number of aromatic amines is 1. The molecule has 3 rings (SSSR count). The molecule has 20 heavy (non-hydrogen) atoms. The molecule has 1 heterocycles. The first kappa shape index (κ1) is 12.7. The van der Waals surface area contributed by atoms with Gasteiger partial charge in [0.15, 0.2) is 0 Å². The lowest BCUT2D eigenvalue weighted by Crippen LogP contribution is -1.92. The number of hydrogen-bond donors (Lipinski definition) is 1. The average molecular weight is 262 g/mol. The fourth-order valence-electron chi connectivity index (χ4n) is 2.40. The summed E-state index contributed by atoms with van der Waals surface area (Å²) in [6.45, 7) is 2.10. The van der Waals surface area contributed by atoms with E-state index >= 15 is 0 Å². The summed E-state index contributed by atoms with van der Waals surface area (Å²) in [6.07, 6.45) is 1.74. The molecule has 0 atom stereocenters. The minimum Gasteiger partial charge on any atom is -0.346 e. The van der Waals surface area contributed by atoms with E-state index in [2.05, 4.69) is 60.4 Å². The first-order valence-corrected chi connectivity index (χ1v) is 6.93. The van der Waals surface area contributed by atoms with Crippen LogP contribution in [0.3, 0.4) is 0 Å². The van der Waals surface area contributed by atoms with Gasteiger partial charge in [0.25, 0.3) is 0 Å². The summed E-state index contributed by atoms with van der Waals surface area (Å²) < 4.78 is 0. The van der Waals surface area contributed by atoms with Crippen LogP contribution in [0, 0.1) is 6.92 Å². The molecular formula is C18H18N2. The lowest BCUT2D eigenvalue weighted by molar-refractivity contribution is 1.000. The van der Waals surface area contributed by atoms with Crippen molar-refractivity contribution in [2.45, 2.75) is 19.8 Å². The van der Waals surface area contributed by atoms with Gasteiger partial charge in [0.1, 0.15) is 5.82 Å². The number of nitrogens with one attached hydrogen (secondary N) is 1. The molecule has 0 unspecified atom stereocenters. The first-order valence-electron chi connectivity index (χ1n) is 6.93. The smallest absolute Gasteiger partial charge is 0.111 e. The molecule has 0 aliphatic rings. The lowest BCUT2D eigenvalue weighted by atomic mass is 10.1. The minimum absolute atomic E-state index is 0.858. The second-order valence-electron chi connectivity index (χ2n) is 5.08. The van der Waals surface area contributed by atoms with Crippen molar-refractivity contribution in [2.24, 2.45) is 0 Å². The van der Waals surface area contributed by atoms with Gasteiger partial charge in [-0.25, -0.2) is 4.98 Å². The van der Waals surface area contributed by atoms with E-state index in [1.54, 1.807) is 0 Å². The van der Waals surface area contributed by atoms with Gasteiger partial charge in [0.2, 0.25) is 0 Å². The molecule has 100 valence electrons. The van der Waals surface area contributed by atoms with Gasteiger partial charge in [-0.15, -0.1) is 0 Å². The fourth-order valence-corrected chi connectivity index (χ4v) is 2.40. The van der Waals surface area contributed by atoms with Crippen molar-refractivity contribution in [1.29, 1.82) is 0 Å². The molecule has 0 aliphatic heterocycles. The van der Waals surface area contributed by atoms with Crippen LogP contribution >= 0.6 is 0 Å². The molecule has 2 aromatic carbocycles. The molecule has 3 aromatic rings. The van der Waals surface area contributed by atoms with Crippen LogP contribution < -0.4 is 0 Å². The molecule has 0 fully saturated rings. The number of imidazole rings is 1. The molecule has 0 amide bonds. The number of benzene rings is 2. The SMILES string of the molecule is Cc1[nH]c(Cc2ccccc2)nc1Cc1ccccc1. The van der Waals surface area contributed by atoms with E-state index in [-0.39, 0.29) is 0 Å². The number of H-pyrrole nitrogens is 1. The fraction of sp³-hybridized carbons (Fsp3) is 0.167. The third-order valence-electron chi connectivity index (χ3n) is 3.46. The van der Waals surface area contributed by atoms with Gasteiger partial charge in [0, 0.05) is 18.5 Å². The zero-order chi connectivity index (χ0) is 13.8. The van der Waals surface area contributed by atoms with Crippen LogP contribution in [0.4, 0.5) is 0 Å². The molecule has 1 N–H and O–H groups in total. The van der Waals surface area contributed by atoms with Gasteiger partial charge in [-0.05, 0) is 18.1 Å². The van der Waals surface area contributed by atoms with E-state index in [0.29, 0.717) is 0 Å². The average Bonchev–Trinajstić information content (AvgIpc) is 2.81. The Morgan fingerprint density at radius 1 is 0.800 bits per heavy atom. The summed E-state index contributed by atoms with van der Waals surface area (Å²) in [7, 11) is 0. The maximum absolute atomic E-state index is 4.74. The Hall–Kier alpha value is -2.35. The molecule has 0 bridgehead atoms. The van der Waals surface area contributed by atoms with Crippen LogP contribution in [0.25, 0.3) is 0 Å². The van der Waals surface area contributed by atoms with Crippen molar-refractivity contribution in [2.75, 3.05) is 0 Å². The minimum atomic E-state index is 0.858. The highest BCUT2D eigenvalue weighted by atomic mass is 14.9. The van der Waals surface area contributed by atoms with Crippen molar-refractivity contribution >= 4 is 0 Å². The van der Waals surface area contributed by atoms with Gasteiger partial charge in [0.05, 0.1) is 5.69 Å². The normalized spacial score (nSPS) is 10.7. The molecule has 0 saturated heterocycles. The number of nitrogens with zero attached hydrogens (tertiary/aromatic N) is 1. The Labute approximate surface area is 119 Å². The van der Waals surface area contributed by atoms with Gasteiger partial charge in [-0.3, -0.25) is 0 Å². The topological polar surface area (TPSA) is 28.7 Å². The number of aromatic nitrogens is 2. The zero-order valence-corrected chi connectivity index (χ0v) is 11.6. The Balaban J connectivity index is 1.77. The van der Waals surface area contributed by atoms with E-state index in [9.17, 15) is 0 Å². The molecular weight excluding hydrogens is 244 g/mol. The van der Waals surface area contributed by atoms with E-state index < -0.39 is 0 Å². The molecule has 1 aromatic heterocycles. The monoisotopic (exact) mass is 262 g/mol. The molecule has 0 radical (unpaired) electrons. The lowest BCUT2D eigenvalue weighted by Gasteiger charge is -1.98. The summed E-state index contributed by atoms with van der Waals surface area (Å²) in [4.78, 5) is 8.15. The van der Waals surface area contributed by atoms with Crippen molar-refractivity contribution < 1.29 is 0 Å². The van der Waals surface area contributed by atoms with E-state index in [4.69, 9.17) is 4.98 Å². The van der Waals surface area contributed by atoms with Crippen LogP contribution in [0.15, 0.2) is 60.7 Å². The van der Waals surface area contributed by atoms with Gasteiger partial charge >= 0.3 is 0 Å². The number of hydrogen-bond acceptors (Lipinski definition) is 1. The summed E-state index contributed by atoms with van der Waals surface area (Å²) in [5.41, 5.74) is 4.89. The largest absolute Gasteiger partial charge is 0.346 e. The van der Waals surface area contributed by atoms with Gasteiger partial charge in [-0.1, -0.05) is 60.7 Å². The van der Waals surface area contributed by atoms with Crippen molar-refractivity contribution in [3.8, 4) is 0 Å². The van der Waals surface area contributed by atoms with Crippen molar-refractivity contribution in [1.82, 2.24) is 9.97 Å². The van der Waals surface area contributed by atoms with Crippen molar-refractivity contribution in [3.63, 3.8) is 0 Å². The Morgan fingerprint density at radius 3 is 1.95 bits per heavy atom. The van der Waals surface area contributed by atoms with Gasteiger partial charge in [-0.2, -0.15) is 0 Å². The summed E-state index contributed by atoms with van der Waals surface area (Å²) in [6, 6.07) is 20.9. The highest BCUT2D eigenvalue weighted by Crippen LogP contribution is 2.14. The molecule has 0 saturated carbocycles. The predicted octanol–water partition coefficient (Wildman–Crippen LogP) is 3.90. The Kier molecular flexibility index (Phi) is 3.64. The molecule has 0 aliphatic carbocycles. The predicted molar refractivity (Wildman–Crippen MR) is 81.8 cm³/mol. The van der Waals surface area contributed by atoms with Crippen LogP contribution in [-0.2, 0) is 12.8 Å². The third kappa shape index (κ3) is 2.97. The molecule has 2 nitrogen and oxygen atoms in total. The third-order valence-corrected chi connectivity index (χ3v) is 3.46. The maximum atomic E-state index is 4.74. The Bertz CT molecular complexity index is 669. The standard InChI is InChI=1S/C18H18N2/c1-14-17(12-15-8-4-2-5-9-15)20-18(19-14)13-16-10-6-3-7-11-16/h2-11H,12-13H2,1H3,(H,19,20). The highest BCUT2D eigenvalue weighted by Gasteiger charge is 2.07. The number of aryl methyl sites for hydroxylation is 1.